The standard InChI is InChI=1S/C19H18N4O3/c24-15-6-3-13(4-7-15)19(25)21-18-11-16(22-26-18)14-5-8-17(20-12-14)23-9-1-2-10-23/h3-8,11-12,24H,1-2,9-10H2,(H,21,25). The molecule has 1 fully saturated rings. The second kappa shape index (κ2) is 6.87. The molecule has 4 rings (SSSR count). The molecule has 0 atom stereocenters. The van der Waals surface area contributed by atoms with Crippen molar-refractivity contribution in [2.45, 2.75) is 12.8 Å². The predicted octanol–water partition coefficient (Wildman–Crippen LogP) is 3.29. The largest absolute Gasteiger partial charge is 0.508 e. The van der Waals surface area contributed by atoms with Crippen LogP contribution in [0.25, 0.3) is 11.3 Å². The smallest absolute Gasteiger partial charge is 0.258 e. The lowest BCUT2D eigenvalue weighted by molar-refractivity contribution is 0.102. The normalized spacial score (nSPS) is 13.8. The molecule has 132 valence electrons. The van der Waals surface area contributed by atoms with Gasteiger partial charge >= 0.3 is 0 Å². The van der Waals surface area contributed by atoms with Crippen LogP contribution in [-0.2, 0) is 0 Å². The van der Waals surface area contributed by atoms with Crippen LogP contribution in [-0.4, -0.2) is 34.2 Å². The highest BCUT2D eigenvalue weighted by molar-refractivity contribution is 6.03. The second-order valence-corrected chi connectivity index (χ2v) is 6.18. The number of benzene rings is 1. The number of anilines is 2. The van der Waals surface area contributed by atoms with E-state index in [9.17, 15) is 9.90 Å². The van der Waals surface area contributed by atoms with Crippen LogP contribution < -0.4 is 10.2 Å². The van der Waals surface area contributed by atoms with Crippen LogP contribution in [0.1, 0.15) is 23.2 Å². The summed E-state index contributed by atoms with van der Waals surface area (Å²) in [6.45, 7) is 2.09. The minimum atomic E-state index is -0.338. The van der Waals surface area contributed by atoms with Crippen molar-refractivity contribution in [3.05, 3.63) is 54.2 Å². The van der Waals surface area contributed by atoms with Crippen molar-refractivity contribution in [2.75, 3.05) is 23.3 Å². The molecule has 7 nitrogen and oxygen atoms in total. The minimum absolute atomic E-state index is 0.105. The first-order valence-electron chi connectivity index (χ1n) is 8.47. The third-order valence-electron chi connectivity index (χ3n) is 4.35. The maximum atomic E-state index is 12.2. The van der Waals surface area contributed by atoms with Crippen molar-refractivity contribution in [3.63, 3.8) is 0 Å². The van der Waals surface area contributed by atoms with E-state index in [-0.39, 0.29) is 17.5 Å². The molecule has 1 amide bonds. The van der Waals surface area contributed by atoms with Gasteiger partial charge in [-0.1, -0.05) is 5.16 Å². The van der Waals surface area contributed by atoms with Gasteiger partial charge in [0.05, 0.1) is 0 Å². The Kier molecular flexibility index (Phi) is 4.27. The van der Waals surface area contributed by atoms with Crippen LogP contribution in [0, 0.1) is 0 Å². The molecular formula is C19H18N4O3. The molecule has 26 heavy (non-hydrogen) atoms. The Hall–Kier alpha value is -3.35. The highest BCUT2D eigenvalue weighted by atomic mass is 16.5. The number of phenols is 1. The minimum Gasteiger partial charge on any atom is -0.508 e. The zero-order valence-corrected chi connectivity index (χ0v) is 14.1. The van der Waals surface area contributed by atoms with Crippen molar-refractivity contribution in [1.29, 1.82) is 0 Å². The van der Waals surface area contributed by atoms with Crippen molar-refractivity contribution < 1.29 is 14.4 Å². The number of nitrogens with zero attached hydrogens (tertiary/aromatic N) is 3. The lowest BCUT2D eigenvalue weighted by Gasteiger charge is -2.15. The summed E-state index contributed by atoms with van der Waals surface area (Å²) in [5.41, 5.74) is 1.84. The number of aromatic nitrogens is 2. The molecule has 0 unspecified atom stereocenters. The average Bonchev–Trinajstić information content (AvgIpc) is 3.34. The maximum Gasteiger partial charge on any atom is 0.258 e. The summed E-state index contributed by atoms with van der Waals surface area (Å²) >= 11 is 0. The number of carbonyl (C=O) groups is 1. The zero-order valence-electron chi connectivity index (χ0n) is 14.1. The summed E-state index contributed by atoms with van der Waals surface area (Å²) in [7, 11) is 0. The molecule has 0 bridgehead atoms. The molecule has 3 aromatic rings. The number of carbonyl (C=O) groups excluding carboxylic acids is 1. The van der Waals surface area contributed by atoms with Gasteiger partial charge in [-0.15, -0.1) is 0 Å². The molecule has 0 saturated carbocycles. The molecule has 7 heteroatoms. The fourth-order valence-electron chi connectivity index (χ4n) is 2.94. The third kappa shape index (κ3) is 3.37. The summed E-state index contributed by atoms with van der Waals surface area (Å²) in [4.78, 5) is 18.9. The summed E-state index contributed by atoms with van der Waals surface area (Å²) in [5, 5.41) is 15.9. The van der Waals surface area contributed by atoms with E-state index in [2.05, 4.69) is 20.4 Å². The SMILES string of the molecule is O=C(Nc1cc(-c2ccc(N3CCCC3)nc2)no1)c1ccc(O)cc1. The Bertz CT molecular complexity index is 897. The van der Waals surface area contributed by atoms with Crippen LogP contribution >= 0.6 is 0 Å². The van der Waals surface area contributed by atoms with E-state index < -0.39 is 0 Å². The van der Waals surface area contributed by atoms with Gasteiger partial charge in [-0.2, -0.15) is 0 Å². The number of amides is 1. The van der Waals surface area contributed by atoms with Gasteiger partial charge in [0.1, 0.15) is 17.3 Å². The van der Waals surface area contributed by atoms with Crippen molar-refractivity contribution in [3.8, 4) is 17.0 Å². The summed E-state index contributed by atoms with van der Waals surface area (Å²) < 4.78 is 5.20. The number of nitrogens with one attached hydrogen (secondary N) is 1. The van der Waals surface area contributed by atoms with Crippen LogP contribution in [0.4, 0.5) is 11.7 Å². The van der Waals surface area contributed by atoms with E-state index in [4.69, 9.17) is 4.52 Å². The average molecular weight is 350 g/mol. The van der Waals surface area contributed by atoms with Gasteiger partial charge in [0.15, 0.2) is 0 Å². The fraction of sp³-hybridized carbons (Fsp3) is 0.211. The highest BCUT2D eigenvalue weighted by Crippen LogP contribution is 2.24. The molecule has 0 aliphatic carbocycles. The van der Waals surface area contributed by atoms with Crippen LogP contribution in [0.2, 0.25) is 0 Å². The predicted molar refractivity (Wildman–Crippen MR) is 97.2 cm³/mol. The zero-order chi connectivity index (χ0) is 17.9. The number of rotatable bonds is 4. The topological polar surface area (TPSA) is 91.5 Å². The molecule has 1 aliphatic heterocycles. The fourth-order valence-corrected chi connectivity index (χ4v) is 2.94. The Morgan fingerprint density at radius 1 is 1.12 bits per heavy atom. The molecule has 2 aromatic heterocycles. The van der Waals surface area contributed by atoms with Gasteiger partial charge in [0.25, 0.3) is 5.91 Å². The van der Waals surface area contributed by atoms with Gasteiger partial charge in [-0.25, -0.2) is 4.98 Å². The van der Waals surface area contributed by atoms with Crippen molar-refractivity contribution in [2.24, 2.45) is 0 Å². The summed E-state index contributed by atoms with van der Waals surface area (Å²) in [6, 6.07) is 11.5. The van der Waals surface area contributed by atoms with Gasteiger partial charge in [-0.3, -0.25) is 10.1 Å². The lowest BCUT2D eigenvalue weighted by atomic mass is 10.2. The van der Waals surface area contributed by atoms with Gasteiger partial charge < -0.3 is 14.5 Å². The maximum absolute atomic E-state index is 12.2. The Labute approximate surface area is 150 Å². The molecule has 1 saturated heterocycles. The van der Waals surface area contributed by atoms with E-state index in [1.807, 2.05) is 12.1 Å². The highest BCUT2D eigenvalue weighted by Gasteiger charge is 2.15. The van der Waals surface area contributed by atoms with E-state index in [0.717, 1.165) is 24.5 Å². The third-order valence-corrected chi connectivity index (χ3v) is 4.35. The molecule has 2 N–H and O–H groups in total. The molecular weight excluding hydrogens is 332 g/mol. The second-order valence-electron chi connectivity index (χ2n) is 6.18. The molecule has 1 aromatic carbocycles. The van der Waals surface area contributed by atoms with Crippen molar-refractivity contribution in [1.82, 2.24) is 10.1 Å². The first kappa shape index (κ1) is 16.1. The van der Waals surface area contributed by atoms with Crippen LogP contribution in [0.3, 0.4) is 0 Å². The number of hydrogen-bond donors (Lipinski definition) is 2. The van der Waals surface area contributed by atoms with Crippen molar-refractivity contribution >= 4 is 17.6 Å². The first-order valence-corrected chi connectivity index (χ1v) is 8.47. The number of phenolic OH excluding ortho intramolecular Hbond substituents is 1. The molecule has 3 heterocycles. The Balaban J connectivity index is 1.45. The molecule has 1 aliphatic rings. The van der Waals surface area contributed by atoms with E-state index in [1.54, 1.807) is 12.3 Å². The van der Waals surface area contributed by atoms with Crippen LogP contribution in [0.15, 0.2) is 53.2 Å². The molecule has 0 spiro atoms. The number of aromatic hydroxyl groups is 1. The van der Waals surface area contributed by atoms with Gasteiger partial charge in [0.2, 0.25) is 5.88 Å². The molecule has 0 radical (unpaired) electrons. The number of hydrogen-bond acceptors (Lipinski definition) is 6. The number of pyridine rings is 1. The van der Waals surface area contributed by atoms with E-state index in [0.29, 0.717) is 11.3 Å². The van der Waals surface area contributed by atoms with E-state index >= 15 is 0 Å². The monoisotopic (exact) mass is 350 g/mol. The van der Waals surface area contributed by atoms with Gasteiger partial charge in [0, 0.05) is 36.5 Å². The van der Waals surface area contributed by atoms with Crippen LogP contribution in [0.5, 0.6) is 5.75 Å². The summed E-state index contributed by atoms with van der Waals surface area (Å²) in [5.74, 6) is 0.987. The summed E-state index contributed by atoms with van der Waals surface area (Å²) in [6.07, 6.45) is 4.17. The quantitative estimate of drug-likeness (QED) is 0.750. The Morgan fingerprint density at radius 3 is 2.58 bits per heavy atom. The van der Waals surface area contributed by atoms with E-state index in [1.165, 1.54) is 37.1 Å². The van der Waals surface area contributed by atoms with Gasteiger partial charge in [-0.05, 0) is 49.2 Å². The first-order chi connectivity index (χ1) is 12.7. The lowest BCUT2D eigenvalue weighted by Crippen LogP contribution is -2.18. The Morgan fingerprint density at radius 2 is 1.88 bits per heavy atom.